The van der Waals surface area contributed by atoms with Gasteiger partial charge in [-0.2, -0.15) is 0 Å². The number of hydrogen-bond acceptors (Lipinski definition) is 4. The van der Waals surface area contributed by atoms with Gasteiger partial charge in [-0.1, -0.05) is 0 Å². The van der Waals surface area contributed by atoms with Crippen molar-refractivity contribution in [2.45, 2.75) is 23.8 Å². The average Bonchev–Trinajstić information content (AvgIpc) is 2.37. The molecule has 1 heterocycles. The van der Waals surface area contributed by atoms with Crippen LogP contribution in [0.3, 0.4) is 0 Å². The normalized spacial score (nSPS) is 20.6. The molecule has 1 atom stereocenters. The van der Waals surface area contributed by atoms with Crippen LogP contribution in [0.4, 0.5) is 10.1 Å². The molecule has 3 N–H and O–H groups in total. The van der Waals surface area contributed by atoms with Gasteiger partial charge in [-0.05, 0) is 38.1 Å². The van der Waals surface area contributed by atoms with E-state index in [1.807, 2.05) is 11.9 Å². The van der Waals surface area contributed by atoms with Crippen molar-refractivity contribution in [3.63, 3.8) is 0 Å². The summed E-state index contributed by atoms with van der Waals surface area (Å²) in [6.07, 6.45) is 2.03. The van der Waals surface area contributed by atoms with E-state index in [4.69, 9.17) is 5.14 Å². The molecule has 0 bridgehead atoms. The Hall–Kier alpha value is -1.18. The van der Waals surface area contributed by atoms with Crippen molar-refractivity contribution in [3.05, 3.63) is 24.0 Å². The molecule has 0 aliphatic carbocycles. The summed E-state index contributed by atoms with van der Waals surface area (Å²) in [4.78, 5) is 1.73. The van der Waals surface area contributed by atoms with E-state index in [0.717, 1.165) is 25.5 Å². The molecule has 1 saturated heterocycles. The fourth-order valence-corrected chi connectivity index (χ4v) is 2.88. The molecular weight excluding hydrogens is 269 g/mol. The highest BCUT2D eigenvalue weighted by Crippen LogP contribution is 2.25. The maximum Gasteiger partial charge on any atom is 0.238 e. The molecule has 0 radical (unpaired) electrons. The van der Waals surface area contributed by atoms with E-state index in [2.05, 4.69) is 5.32 Å². The second kappa shape index (κ2) is 5.44. The number of hydrogen-bond donors (Lipinski definition) is 2. The number of nitrogens with zero attached hydrogens (tertiary/aromatic N) is 1. The van der Waals surface area contributed by atoms with Crippen molar-refractivity contribution in [1.82, 2.24) is 5.32 Å². The van der Waals surface area contributed by atoms with Gasteiger partial charge in [0.15, 0.2) is 0 Å². The van der Waals surface area contributed by atoms with E-state index in [0.29, 0.717) is 18.3 Å². The number of nitrogens with one attached hydrogen (secondary N) is 1. The molecule has 1 fully saturated rings. The number of nitrogens with two attached hydrogens (primary N) is 1. The largest absolute Gasteiger partial charge is 0.368 e. The number of piperidine rings is 1. The zero-order chi connectivity index (χ0) is 14.0. The number of rotatable bonds is 3. The SMILES string of the molecule is CNC1CCCN(c2ccc(S(N)(=O)=O)cc2F)C1. The Kier molecular flexibility index (Phi) is 4.07. The van der Waals surface area contributed by atoms with Crippen molar-refractivity contribution in [2.24, 2.45) is 5.14 Å². The molecule has 1 aromatic rings. The van der Waals surface area contributed by atoms with Crippen LogP contribution in [-0.4, -0.2) is 34.6 Å². The molecule has 1 aromatic carbocycles. The third-order valence-corrected chi connectivity index (χ3v) is 4.33. The molecule has 0 aromatic heterocycles. The smallest absolute Gasteiger partial charge is 0.238 e. The minimum absolute atomic E-state index is 0.198. The molecule has 1 aliphatic rings. The van der Waals surface area contributed by atoms with E-state index in [1.54, 1.807) is 0 Å². The Morgan fingerprint density at radius 2 is 2.21 bits per heavy atom. The van der Waals surface area contributed by atoms with Gasteiger partial charge in [-0.15, -0.1) is 0 Å². The second-order valence-electron chi connectivity index (χ2n) is 4.73. The first-order valence-corrected chi connectivity index (χ1v) is 7.71. The van der Waals surface area contributed by atoms with E-state index in [1.165, 1.54) is 12.1 Å². The fraction of sp³-hybridized carbons (Fsp3) is 0.500. The topological polar surface area (TPSA) is 75.4 Å². The van der Waals surface area contributed by atoms with Gasteiger partial charge >= 0.3 is 0 Å². The average molecular weight is 287 g/mol. The zero-order valence-electron chi connectivity index (χ0n) is 10.8. The summed E-state index contributed by atoms with van der Waals surface area (Å²) >= 11 is 0. The standard InChI is InChI=1S/C12H18FN3O2S/c1-15-9-3-2-6-16(8-9)12-5-4-10(7-11(12)13)19(14,17)18/h4-5,7,9,15H,2-3,6,8H2,1H3,(H2,14,17,18). The zero-order valence-corrected chi connectivity index (χ0v) is 11.6. The van der Waals surface area contributed by atoms with Crippen molar-refractivity contribution in [2.75, 3.05) is 25.0 Å². The molecule has 19 heavy (non-hydrogen) atoms. The Morgan fingerprint density at radius 1 is 1.47 bits per heavy atom. The van der Waals surface area contributed by atoms with Crippen LogP contribution in [0.1, 0.15) is 12.8 Å². The third-order valence-electron chi connectivity index (χ3n) is 3.42. The summed E-state index contributed by atoms with van der Waals surface area (Å²) in [5.41, 5.74) is 0.423. The number of halogens is 1. The van der Waals surface area contributed by atoms with E-state index < -0.39 is 15.8 Å². The fourth-order valence-electron chi connectivity index (χ4n) is 2.35. The molecule has 7 heteroatoms. The maximum absolute atomic E-state index is 14.0. The Morgan fingerprint density at radius 3 is 2.79 bits per heavy atom. The lowest BCUT2D eigenvalue weighted by molar-refractivity contribution is 0.445. The van der Waals surface area contributed by atoms with Gasteiger partial charge in [0.1, 0.15) is 5.82 Å². The molecule has 106 valence electrons. The molecule has 5 nitrogen and oxygen atoms in total. The lowest BCUT2D eigenvalue weighted by atomic mass is 10.1. The molecule has 1 unspecified atom stereocenters. The van der Waals surface area contributed by atoms with Crippen LogP contribution >= 0.6 is 0 Å². The minimum atomic E-state index is -3.86. The number of benzene rings is 1. The molecular formula is C12H18FN3O2S. The van der Waals surface area contributed by atoms with E-state index >= 15 is 0 Å². The maximum atomic E-state index is 14.0. The van der Waals surface area contributed by atoms with Gasteiger partial charge in [0.05, 0.1) is 10.6 Å². The summed E-state index contributed by atoms with van der Waals surface area (Å²) in [5.74, 6) is -0.553. The van der Waals surface area contributed by atoms with Crippen molar-refractivity contribution < 1.29 is 12.8 Å². The summed E-state index contributed by atoms with van der Waals surface area (Å²) in [6.45, 7) is 1.48. The third kappa shape index (κ3) is 3.23. The Bertz CT molecular complexity index is 562. The molecule has 2 rings (SSSR count). The van der Waals surface area contributed by atoms with Gasteiger partial charge in [-0.25, -0.2) is 17.9 Å². The van der Waals surface area contributed by atoms with Gasteiger partial charge in [0.2, 0.25) is 10.0 Å². The molecule has 1 aliphatic heterocycles. The summed E-state index contributed by atoms with van der Waals surface area (Å²) in [5, 5.41) is 8.16. The van der Waals surface area contributed by atoms with Crippen molar-refractivity contribution in [1.29, 1.82) is 0 Å². The monoisotopic (exact) mass is 287 g/mol. The van der Waals surface area contributed by atoms with Crippen molar-refractivity contribution in [3.8, 4) is 0 Å². The van der Waals surface area contributed by atoms with Crippen LogP contribution in [0.2, 0.25) is 0 Å². The number of primary sulfonamides is 1. The number of sulfonamides is 1. The summed E-state index contributed by atoms with van der Waals surface area (Å²) in [7, 11) is -1.98. The second-order valence-corrected chi connectivity index (χ2v) is 6.29. The van der Waals surface area contributed by atoms with Crippen LogP contribution in [0.15, 0.2) is 23.1 Å². The van der Waals surface area contributed by atoms with Crippen LogP contribution in [-0.2, 0) is 10.0 Å². The van der Waals surface area contributed by atoms with Crippen LogP contribution in [0.5, 0.6) is 0 Å². The lowest BCUT2D eigenvalue weighted by Gasteiger charge is -2.34. The lowest BCUT2D eigenvalue weighted by Crippen LogP contribution is -2.44. The van der Waals surface area contributed by atoms with Gasteiger partial charge in [0, 0.05) is 19.1 Å². The number of likely N-dealkylation sites (N-methyl/N-ethyl adjacent to an activating group) is 1. The predicted molar refractivity (Wildman–Crippen MR) is 72.1 cm³/mol. The van der Waals surface area contributed by atoms with Crippen LogP contribution < -0.4 is 15.4 Å². The van der Waals surface area contributed by atoms with Gasteiger partial charge < -0.3 is 10.2 Å². The number of anilines is 1. The molecule has 0 saturated carbocycles. The first-order chi connectivity index (χ1) is 8.91. The quantitative estimate of drug-likeness (QED) is 0.856. The van der Waals surface area contributed by atoms with E-state index in [9.17, 15) is 12.8 Å². The molecule has 0 amide bonds. The highest BCUT2D eigenvalue weighted by Gasteiger charge is 2.21. The van der Waals surface area contributed by atoms with Crippen LogP contribution in [0, 0.1) is 5.82 Å². The summed E-state index contributed by atoms with van der Waals surface area (Å²) in [6, 6.07) is 4.13. The minimum Gasteiger partial charge on any atom is -0.368 e. The van der Waals surface area contributed by atoms with Crippen LogP contribution in [0.25, 0.3) is 0 Å². The van der Waals surface area contributed by atoms with E-state index in [-0.39, 0.29) is 4.90 Å². The van der Waals surface area contributed by atoms with Gasteiger partial charge in [-0.3, -0.25) is 0 Å². The van der Waals surface area contributed by atoms with Crippen molar-refractivity contribution >= 4 is 15.7 Å². The Labute approximate surface area is 112 Å². The highest BCUT2D eigenvalue weighted by molar-refractivity contribution is 7.89. The molecule has 0 spiro atoms. The first-order valence-electron chi connectivity index (χ1n) is 6.16. The first kappa shape index (κ1) is 14.2. The van der Waals surface area contributed by atoms with Gasteiger partial charge in [0.25, 0.3) is 0 Å². The predicted octanol–water partition coefficient (Wildman–Crippen LogP) is 0.661. The Balaban J connectivity index is 2.26. The summed E-state index contributed by atoms with van der Waals surface area (Å²) < 4.78 is 36.3. The highest BCUT2D eigenvalue weighted by atomic mass is 32.2.